The predicted molar refractivity (Wildman–Crippen MR) is 55.3 cm³/mol. The van der Waals surface area contributed by atoms with E-state index in [0.29, 0.717) is 19.1 Å². The molecule has 0 saturated heterocycles. The summed E-state index contributed by atoms with van der Waals surface area (Å²) in [7, 11) is 0. The molecule has 0 unspecified atom stereocenters. The van der Waals surface area contributed by atoms with Crippen LogP contribution in [-0.4, -0.2) is 29.8 Å². The largest absolute Gasteiger partial charge is 0.325 e. The van der Waals surface area contributed by atoms with Gasteiger partial charge in [-0.3, -0.25) is 0 Å². The van der Waals surface area contributed by atoms with E-state index >= 15 is 0 Å². The summed E-state index contributed by atoms with van der Waals surface area (Å²) < 4.78 is 3.86. The van der Waals surface area contributed by atoms with Crippen molar-refractivity contribution in [2.75, 3.05) is 0 Å². The number of hydrogen-bond donors (Lipinski definition) is 1. The molecule has 1 aliphatic carbocycles. The van der Waals surface area contributed by atoms with Crippen molar-refractivity contribution in [3.8, 4) is 0 Å². The van der Waals surface area contributed by atoms with Gasteiger partial charge in [0, 0.05) is 12.6 Å². The van der Waals surface area contributed by atoms with E-state index in [1.54, 1.807) is 11.0 Å². The zero-order valence-electron chi connectivity index (χ0n) is 8.82. The van der Waals surface area contributed by atoms with Crippen LogP contribution in [0.25, 0.3) is 0 Å². The lowest BCUT2D eigenvalue weighted by atomic mass is 10.5. The molecule has 1 aliphatic rings. The minimum absolute atomic E-state index is 0.412. The van der Waals surface area contributed by atoms with Crippen LogP contribution in [-0.2, 0) is 13.1 Å². The number of nitrogens with two attached hydrogens (primary N) is 1. The summed E-state index contributed by atoms with van der Waals surface area (Å²) in [5.41, 5.74) is 6.26. The third-order valence-corrected chi connectivity index (χ3v) is 2.69. The summed E-state index contributed by atoms with van der Waals surface area (Å²) in [6.07, 6.45) is 6.06. The highest BCUT2D eigenvalue weighted by molar-refractivity contribution is 4.97. The first-order chi connectivity index (χ1) is 7.86. The van der Waals surface area contributed by atoms with Gasteiger partial charge in [-0.25, -0.2) is 4.68 Å². The zero-order valence-corrected chi connectivity index (χ0v) is 8.82. The lowest BCUT2D eigenvalue weighted by Crippen LogP contribution is -2.08. The molecule has 0 spiro atoms. The molecule has 0 amide bonds. The predicted octanol–water partition coefficient (Wildman–Crippen LogP) is -0.289. The van der Waals surface area contributed by atoms with Crippen molar-refractivity contribution in [1.29, 1.82) is 0 Å². The molecule has 1 fully saturated rings. The topological polar surface area (TPSA) is 87.4 Å². The van der Waals surface area contributed by atoms with E-state index in [1.807, 2.05) is 6.20 Å². The standard InChI is InChI=1S/C9H13N7/c10-3-7-4-15(14-12-7)5-9-13-11-6-16(9)8-1-2-8/h4,6,8H,1-3,5,10H2. The van der Waals surface area contributed by atoms with Crippen LogP contribution in [0, 0.1) is 0 Å². The van der Waals surface area contributed by atoms with Crippen molar-refractivity contribution in [3.63, 3.8) is 0 Å². The van der Waals surface area contributed by atoms with Gasteiger partial charge in [-0.15, -0.1) is 15.3 Å². The minimum Gasteiger partial charge on any atom is -0.325 e. The molecule has 0 bridgehead atoms. The summed E-state index contributed by atoms with van der Waals surface area (Å²) in [6.45, 7) is 1.01. The van der Waals surface area contributed by atoms with E-state index in [2.05, 4.69) is 25.1 Å². The molecule has 2 aromatic rings. The van der Waals surface area contributed by atoms with Crippen molar-refractivity contribution in [1.82, 2.24) is 29.8 Å². The van der Waals surface area contributed by atoms with Gasteiger partial charge in [-0.1, -0.05) is 5.21 Å². The van der Waals surface area contributed by atoms with E-state index in [4.69, 9.17) is 5.73 Å². The molecule has 0 aliphatic heterocycles. The SMILES string of the molecule is NCc1cn(Cc2nncn2C2CC2)nn1. The van der Waals surface area contributed by atoms with Crippen LogP contribution in [0.5, 0.6) is 0 Å². The molecule has 2 heterocycles. The Morgan fingerprint density at radius 2 is 2.25 bits per heavy atom. The van der Waals surface area contributed by atoms with Crippen LogP contribution in [0.15, 0.2) is 12.5 Å². The molecule has 0 atom stereocenters. The number of hydrogen-bond acceptors (Lipinski definition) is 5. The lowest BCUT2D eigenvalue weighted by molar-refractivity contribution is 0.582. The molecule has 0 aromatic carbocycles. The van der Waals surface area contributed by atoms with E-state index < -0.39 is 0 Å². The number of aromatic nitrogens is 6. The molecule has 7 heteroatoms. The Hall–Kier alpha value is -1.76. The lowest BCUT2D eigenvalue weighted by Gasteiger charge is -2.03. The molecule has 2 aromatic heterocycles. The molecule has 1 saturated carbocycles. The number of rotatable bonds is 4. The highest BCUT2D eigenvalue weighted by atomic mass is 15.4. The average molecular weight is 219 g/mol. The average Bonchev–Trinajstić information content (AvgIpc) is 2.88. The van der Waals surface area contributed by atoms with Crippen molar-refractivity contribution in [2.24, 2.45) is 5.73 Å². The molecular weight excluding hydrogens is 206 g/mol. The summed E-state index contributed by atoms with van der Waals surface area (Å²) >= 11 is 0. The summed E-state index contributed by atoms with van der Waals surface area (Å²) in [5, 5.41) is 16.0. The summed E-state index contributed by atoms with van der Waals surface area (Å²) in [4.78, 5) is 0. The third-order valence-electron chi connectivity index (χ3n) is 2.69. The van der Waals surface area contributed by atoms with Crippen molar-refractivity contribution >= 4 is 0 Å². The maximum atomic E-state index is 5.48. The fourth-order valence-corrected chi connectivity index (χ4v) is 1.69. The first-order valence-electron chi connectivity index (χ1n) is 5.34. The molecule has 7 nitrogen and oxygen atoms in total. The van der Waals surface area contributed by atoms with Crippen LogP contribution in [0.4, 0.5) is 0 Å². The Balaban J connectivity index is 1.79. The smallest absolute Gasteiger partial charge is 0.154 e. The Morgan fingerprint density at radius 1 is 1.38 bits per heavy atom. The van der Waals surface area contributed by atoms with Gasteiger partial charge in [0.05, 0.1) is 11.9 Å². The highest BCUT2D eigenvalue weighted by Gasteiger charge is 2.26. The Morgan fingerprint density at radius 3 is 2.94 bits per heavy atom. The van der Waals surface area contributed by atoms with Crippen molar-refractivity contribution < 1.29 is 0 Å². The number of nitrogens with zero attached hydrogens (tertiary/aromatic N) is 6. The zero-order chi connectivity index (χ0) is 11.0. The van der Waals surface area contributed by atoms with Crippen molar-refractivity contribution in [2.45, 2.75) is 32.0 Å². The third kappa shape index (κ3) is 1.69. The molecule has 16 heavy (non-hydrogen) atoms. The minimum atomic E-state index is 0.412. The van der Waals surface area contributed by atoms with E-state index in [0.717, 1.165) is 11.5 Å². The second kappa shape index (κ2) is 3.67. The van der Waals surface area contributed by atoms with E-state index in [1.165, 1.54) is 12.8 Å². The molecule has 84 valence electrons. The molecule has 3 rings (SSSR count). The first kappa shape index (κ1) is 9.46. The fraction of sp³-hybridized carbons (Fsp3) is 0.556. The van der Waals surface area contributed by atoms with Crippen molar-refractivity contribution in [3.05, 3.63) is 24.0 Å². The van der Waals surface area contributed by atoms with Gasteiger partial charge in [-0.2, -0.15) is 0 Å². The van der Waals surface area contributed by atoms with Gasteiger partial charge >= 0.3 is 0 Å². The second-order valence-electron chi connectivity index (χ2n) is 4.00. The van der Waals surface area contributed by atoms with E-state index in [-0.39, 0.29) is 0 Å². The fourth-order valence-electron chi connectivity index (χ4n) is 1.69. The molecule has 0 radical (unpaired) electrons. The van der Waals surface area contributed by atoms with Crippen LogP contribution in [0.2, 0.25) is 0 Å². The Bertz CT molecular complexity index is 482. The van der Waals surface area contributed by atoms with Crippen LogP contribution in [0.1, 0.15) is 30.4 Å². The first-order valence-corrected chi connectivity index (χ1v) is 5.34. The Kier molecular flexibility index (Phi) is 2.17. The van der Waals surface area contributed by atoms with Crippen LogP contribution >= 0.6 is 0 Å². The monoisotopic (exact) mass is 219 g/mol. The van der Waals surface area contributed by atoms with Gasteiger partial charge < -0.3 is 10.3 Å². The van der Waals surface area contributed by atoms with Gasteiger partial charge in [0.25, 0.3) is 0 Å². The quantitative estimate of drug-likeness (QED) is 0.763. The molecular formula is C9H13N7. The maximum Gasteiger partial charge on any atom is 0.154 e. The normalized spacial score (nSPS) is 15.6. The summed E-state index contributed by atoms with van der Waals surface area (Å²) in [5.74, 6) is 0.927. The van der Waals surface area contributed by atoms with Crippen LogP contribution < -0.4 is 5.73 Å². The van der Waals surface area contributed by atoms with Gasteiger partial charge in [0.2, 0.25) is 0 Å². The molecule has 2 N–H and O–H groups in total. The van der Waals surface area contributed by atoms with Gasteiger partial charge in [0.1, 0.15) is 12.9 Å². The Labute approximate surface area is 92.3 Å². The summed E-state index contributed by atoms with van der Waals surface area (Å²) in [6, 6.07) is 0.586. The van der Waals surface area contributed by atoms with Gasteiger partial charge in [-0.05, 0) is 12.8 Å². The highest BCUT2D eigenvalue weighted by Crippen LogP contribution is 2.35. The van der Waals surface area contributed by atoms with Crippen LogP contribution in [0.3, 0.4) is 0 Å². The van der Waals surface area contributed by atoms with Gasteiger partial charge in [0.15, 0.2) is 5.82 Å². The van der Waals surface area contributed by atoms with E-state index in [9.17, 15) is 0 Å². The second-order valence-corrected chi connectivity index (χ2v) is 4.00. The maximum absolute atomic E-state index is 5.48.